The van der Waals surface area contributed by atoms with E-state index < -0.39 is 0 Å². The monoisotopic (exact) mass is 256 g/mol. The molecule has 4 heteroatoms. The summed E-state index contributed by atoms with van der Waals surface area (Å²) >= 11 is 0. The van der Waals surface area contributed by atoms with Crippen molar-refractivity contribution in [2.45, 2.75) is 19.5 Å². The average molecular weight is 256 g/mol. The van der Waals surface area contributed by atoms with Crippen LogP contribution in [0.3, 0.4) is 0 Å². The van der Waals surface area contributed by atoms with Gasteiger partial charge in [0.05, 0.1) is 11.4 Å². The highest BCUT2D eigenvalue weighted by molar-refractivity contribution is 5.32. The summed E-state index contributed by atoms with van der Waals surface area (Å²) in [6, 6.07) is 13.0. The second-order valence-electron chi connectivity index (χ2n) is 5.16. The van der Waals surface area contributed by atoms with Crippen LogP contribution in [0.4, 0.5) is 0 Å². The Balaban J connectivity index is 1.77. The van der Waals surface area contributed by atoms with Crippen molar-refractivity contribution in [1.29, 1.82) is 0 Å². The number of nitrogens with one attached hydrogen (secondary N) is 1. The first-order chi connectivity index (χ1) is 9.33. The molecule has 1 aromatic heterocycles. The van der Waals surface area contributed by atoms with Gasteiger partial charge in [0.2, 0.25) is 0 Å². The Bertz CT molecular complexity index is 520. The van der Waals surface area contributed by atoms with Crippen molar-refractivity contribution >= 4 is 0 Å². The summed E-state index contributed by atoms with van der Waals surface area (Å²) in [6.07, 6.45) is 1.88. The fourth-order valence-electron chi connectivity index (χ4n) is 2.64. The lowest BCUT2D eigenvalue weighted by Crippen LogP contribution is -2.48. The quantitative estimate of drug-likeness (QED) is 0.907. The van der Waals surface area contributed by atoms with Crippen molar-refractivity contribution in [3.63, 3.8) is 0 Å². The molecule has 0 radical (unpaired) electrons. The third-order valence-electron chi connectivity index (χ3n) is 3.56. The third-order valence-corrected chi connectivity index (χ3v) is 3.56. The SMILES string of the molecule is C[C@@H]1CN(Cc2ccnn2-c2ccccc2)CCN1. The van der Waals surface area contributed by atoms with E-state index in [4.69, 9.17) is 0 Å². The maximum Gasteiger partial charge on any atom is 0.0649 e. The van der Waals surface area contributed by atoms with Crippen molar-refractivity contribution in [2.24, 2.45) is 0 Å². The second kappa shape index (κ2) is 5.55. The highest BCUT2D eigenvalue weighted by atomic mass is 15.3. The van der Waals surface area contributed by atoms with Gasteiger partial charge in [0.25, 0.3) is 0 Å². The van der Waals surface area contributed by atoms with E-state index >= 15 is 0 Å². The molecule has 0 amide bonds. The van der Waals surface area contributed by atoms with Crippen LogP contribution in [0.2, 0.25) is 0 Å². The predicted octanol–water partition coefficient (Wildman–Crippen LogP) is 1.67. The summed E-state index contributed by atoms with van der Waals surface area (Å²) < 4.78 is 2.03. The van der Waals surface area contributed by atoms with Gasteiger partial charge in [-0.25, -0.2) is 4.68 Å². The molecular formula is C15H20N4. The molecule has 1 atom stereocenters. The highest BCUT2D eigenvalue weighted by Gasteiger charge is 2.17. The van der Waals surface area contributed by atoms with Crippen molar-refractivity contribution in [2.75, 3.05) is 19.6 Å². The predicted molar refractivity (Wildman–Crippen MR) is 76.3 cm³/mol. The molecule has 0 saturated carbocycles. The first kappa shape index (κ1) is 12.4. The van der Waals surface area contributed by atoms with Gasteiger partial charge in [-0.3, -0.25) is 4.90 Å². The molecule has 1 fully saturated rings. The highest BCUT2D eigenvalue weighted by Crippen LogP contribution is 2.13. The minimum atomic E-state index is 0.571. The van der Waals surface area contributed by atoms with E-state index in [9.17, 15) is 0 Å². The van der Waals surface area contributed by atoms with Crippen molar-refractivity contribution < 1.29 is 0 Å². The van der Waals surface area contributed by atoms with E-state index in [1.807, 2.05) is 29.1 Å². The Morgan fingerprint density at radius 1 is 1.26 bits per heavy atom. The topological polar surface area (TPSA) is 33.1 Å². The van der Waals surface area contributed by atoms with E-state index in [-0.39, 0.29) is 0 Å². The van der Waals surface area contributed by atoms with Crippen LogP contribution in [0.15, 0.2) is 42.6 Å². The summed E-state index contributed by atoms with van der Waals surface area (Å²) in [5, 5.41) is 7.92. The Hall–Kier alpha value is -1.65. The van der Waals surface area contributed by atoms with Crippen LogP contribution in [0.1, 0.15) is 12.6 Å². The summed E-state index contributed by atoms with van der Waals surface area (Å²) in [7, 11) is 0. The number of aromatic nitrogens is 2. The number of para-hydroxylation sites is 1. The molecule has 19 heavy (non-hydrogen) atoms. The molecule has 1 aromatic carbocycles. The number of hydrogen-bond donors (Lipinski definition) is 1. The molecule has 3 rings (SSSR count). The van der Waals surface area contributed by atoms with Crippen LogP contribution in [-0.2, 0) is 6.54 Å². The van der Waals surface area contributed by atoms with Gasteiger partial charge in [-0.05, 0) is 25.1 Å². The Kier molecular flexibility index (Phi) is 3.62. The van der Waals surface area contributed by atoms with Crippen LogP contribution < -0.4 is 5.32 Å². The number of rotatable bonds is 3. The third kappa shape index (κ3) is 2.85. The lowest BCUT2D eigenvalue weighted by atomic mass is 10.2. The maximum absolute atomic E-state index is 4.45. The molecule has 2 aromatic rings. The molecule has 0 unspecified atom stereocenters. The van der Waals surface area contributed by atoms with E-state index in [0.29, 0.717) is 6.04 Å². The molecule has 1 N–H and O–H groups in total. The molecule has 1 aliphatic heterocycles. The lowest BCUT2D eigenvalue weighted by molar-refractivity contribution is 0.196. The zero-order valence-corrected chi connectivity index (χ0v) is 11.3. The first-order valence-electron chi connectivity index (χ1n) is 6.87. The normalized spacial score (nSPS) is 20.6. The molecule has 0 bridgehead atoms. The van der Waals surface area contributed by atoms with Gasteiger partial charge < -0.3 is 5.32 Å². The van der Waals surface area contributed by atoms with Crippen LogP contribution in [0.25, 0.3) is 5.69 Å². The Morgan fingerprint density at radius 3 is 2.89 bits per heavy atom. The summed E-state index contributed by atoms with van der Waals surface area (Å²) in [5.74, 6) is 0. The van der Waals surface area contributed by atoms with Crippen molar-refractivity contribution in [3.05, 3.63) is 48.3 Å². The molecule has 1 saturated heterocycles. The number of piperazine rings is 1. The number of hydrogen-bond acceptors (Lipinski definition) is 3. The smallest absolute Gasteiger partial charge is 0.0649 e. The molecule has 2 heterocycles. The minimum absolute atomic E-state index is 0.571. The minimum Gasteiger partial charge on any atom is -0.312 e. The first-order valence-corrected chi connectivity index (χ1v) is 6.87. The largest absolute Gasteiger partial charge is 0.312 e. The van der Waals surface area contributed by atoms with E-state index in [1.54, 1.807) is 0 Å². The Labute approximate surface area is 114 Å². The lowest BCUT2D eigenvalue weighted by Gasteiger charge is -2.31. The summed E-state index contributed by atoms with van der Waals surface area (Å²) in [5.41, 5.74) is 2.38. The maximum atomic E-state index is 4.45. The van der Waals surface area contributed by atoms with E-state index in [0.717, 1.165) is 31.9 Å². The number of nitrogens with zero attached hydrogens (tertiary/aromatic N) is 3. The summed E-state index contributed by atoms with van der Waals surface area (Å²) in [4.78, 5) is 2.48. The molecule has 100 valence electrons. The molecule has 0 aliphatic carbocycles. The zero-order valence-electron chi connectivity index (χ0n) is 11.3. The number of benzene rings is 1. The fraction of sp³-hybridized carbons (Fsp3) is 0.400. The van der Waals surface area contributed by atoms with Gasteiger partial charge in [0, 0.05) is 38.4 Å². The van der Waals surface area contributed by atoms with Gasteiger partial charge in [0.1, 0.15) is 0 Å². The van der Waals surface area contributed by atoms with Gasteiger partial charge in [-0.1, -0.05) is 18.2 Å². The fourth-order valence-corrected chi connectivity index (χ4v) is 2.64. The van der Waals surface area contributed by atoms with Crippen molar-refractivity contribution in [3.8, 4) is 5.69 Å². The zero-order chi connectivity index (χ0) is 13.1. The van der Waals surface area contributed by atoms with Crippen LogP contribution in [0.5, 0.6) is 0 Å². The standard InChI is InChI=1S/C15H20N4/c1-13-11-18(10-9-16-13)12-15-7-8-17-19(15)14-5-3-2-4-6-14/h2-8,13,16H,9-12H2,1H3/t13-/m1/s1. The molecular weight excluding hydrogens is 236 g/mol. The Morgan fingerprint density at radius 2 is 2.11 bits per heavy atom. The van der Waals surface area contributed by atoms with Crippen LogP contribution >= 0.6 is 0 Å². The van der Waals surface area contributed by atoms with Crippen LogP contribution in [0, 0.1) is 0 Å². The van der Waals surface area contributed by atoms with Gasteiger partial charge >= 0.3 is 0 Å². The molecule has 1 aliphatic rings. The summed E-state index contributed by atoms with van der Waals surface area (Å²) in [6.45, 7) is 6.46. The van der Waals surface area contributed by atoms with Gasteiger partial charge in [-0.15, -0.1) is 0 Å². The van der Waals surface area contributed by atoms with Gasteiger partial charge in [0.15, 0.2) is 0 Å². The van der Waals surface area contributed by atoms with E-state index in [2.05, 4.69) is 40.4 Å². The van der Waals surface area contributed by atoms with Gasteiger partial charge in [-0.2, -0.15) is 5.10 Å². The average Bonchev–Trinajstić information content (AvgIpc) is 2.88. The van der Waals surface area contributed by atoms with E-state index in [1.165, 1.54) is 5.69 Å². The second-order valence-corrected chi connectivity index (χ2v) is 5.16. The molecule has 0 spiro atoms. The van der Waals surface area contributed by atoms with Crippen LogP contribution in [-0.4, -0.2) is 40.4 Å². The van der Waals surface area contributed by atoms with Crippen molar-refractivity contribution in [1.82, 2.24) is 20.0 Å². The molecule has 4 nitrogen and oxygen atoms in total.